The monoisotopic (exact) mass is 281 g/mol. The molecule has 1 heterocycles. The Labute approximate surface area is 120 Å². The zero-order chi connectivity index (χ0) is 15.2. The Morgan fingerprint density at radius 3 is 2.71 bits per heavy atom. The number of nitrogens with one attached hydrogen (secondary N) is 1. The molecule has 21 heavy (non-hydrogen) atoms. The number of anilines is 1. The summed E-state index contributed by atoms with van der Waals surface area (Å²) in [6.45, 7) is 0.234. The Morgan fingerprint density at radius 2 is 2.10 bits per heavy atom. The third-order valence-electron chi connectivity index (χ3n) is 2.65. The first-order valence-corrected chi connectivity index (χ1v) is 5.99. The van der Waals surface area contributed by atoms with Crippen molar-refractivity contribution < 1.29 is 4.79 Å². The van der Waals surface area contributed by atoms with Crippen molar-refractivity contribution in [3.05, 3.63) is 41.2 Å². The molecule has 104 valence electrons. The number of amides is 1. The zero-order valence-electron chi connectivity index (χ0n) is 10.9. The fourth-order valence-corrected chi connectivity index (χ4v) is 1.67. The smallest absolute Gasteiger partial charge is 0.246 e. The molecular formula is C13H11N7O. The molecule has 2 aromatic rings. The molecule has 0 saturated carbocycles. The first-order valence-electron chi connectivity index (χ1n) is 5.99. The average molecular weight is 281 g/mol. The minimum Gasteiger partial charge on any atom is -0.325 e. The van der Waals surface area contributed by atoms with Crippen LogP contribution in [0.3, 0.4) is 0 Å². The quantitative estimate of drug-likeness (QED) is 0.817. The highest BCUT2D eigenvalue weighted by Crippen LogP contribution is 2.14. The standard InChI is InChI=1S/C13H11N7O/c14-4-9-1-2-11(3-10(9)5-15)17-13(21)8-20-7-12(6-16)18-19-20/h1-3,7H,6,8,16H2,(H,17,21). The Balaban J connectivity index is 2.06. The minimum absolute atomic E-state index is 0.0190. The molecule has 0 aliphatic rings. The summed E-state index contributed by atoms with van der Waals surface area (Å²) in [6.07, 6.45) is 1.58. The number of carbonyl (C=O) groups excluding carboxylic acids is 1. The number of benzene rings is 1. The number of nitrogens with two attached hydrogens (primary N) is 1. The average Bonchev–Trinajstić information content (AvgIpc) is 2.94. The number of hydrogen-bond donors (Lipinski definition) is 2. The van der Waals surface area contributed by atoms with E-state index >= 15 is 0 Å². The van der Waals surface area contributed by atoms with Crippen molar-refractivity contribution in [2.24, 2.45) is 5.73 Å². The number of hydrogen-bond acceptors (Lipinski definition) is 6. The number of nitrogens with zero attached hydrogens (tertiary/aromatic N) is 5. The van der Waals surface area contributed by atoms with Crippen molar-refractivity contribution in [1.82, 2.24) is 15.0 Å². The van der Waals surface area contributed by atoms with Gasteiger partial charge in [0.1, 0.15) is 18.7 Å². The van der Waals surface area contributed by atoms with E-state index in [-0.39, 0.29) is 30.1 Å². The highest BCUT2D eigenvalue weighted by atomic mass is 16.2. The predicted octanol–water partition coefficient (Wildman–Crippen LogP) is 0.119. The van der Waals surface area contributed by atoms with Gasteiger partial charge in [-0.25, -0.2) is 4.68 Å². The van der Waals surface area contributed by atoms with Crippen LogP contribution in [0.15, 0.2) is 24.4 Å². The van der Waals surface area contributed by atoms with E-state index in [9.17, 15) is 4.79 Å². The molecule has 8 nitrogen and oxygen atoms in total. The molecule has 0 aliphatic carbocycles. The predicted molar refractivity (Wildman–Crippen MR) is 72.4 cm³/mol. The summed E-state index contributed by atoms with van der Waals surface area (Å²) in [7, 11) is 0. The van der Waals surface area contributed by atoms with Gasteiger partial charge in [-0.1, -0.05) is 5.21 Å². The molecule has 0 unspecified atom stereocenters. The second-order valence-corrected chi connectivity index (χ2v) is 4.14. The molecule has 0 fully saturated rings. The van der Waals surface area contributed by atoms with Crippen molar-refractivity contribution in [1.29, 1.82) is 10.5 Å². The van der Waals surface area contributed by atoms with Gasteiger partial charge in [0.25, 0.3) is 0 Å². The van der Waals surface area contributed by atoms with E-state index < -0.39 is 0 Å². The van der Waals surface area contributed by atoms with Crippen LogP contribution < -0.4 is 11.1 Å². The van der Waals surface area contributed by atoms with Gasteiger partial charge in [0.2, 0.25) is 5.91 Å². The summed E-state index contributed by atoms with van der Waals surface area (Å²) in [5.74, 6) is -0.322. The van der Waals surface area contributed by atoms with Gasteiger partial charge in [0.15, 0.2) is 0 Å². The summed E-state index contributed by atoms with van der Waals surface area (Å²) in [4.78, 5) is 11.9. The number of rotatable bonds is 4. The lowest BCUT2D eigenvalue weighted by molar-refractivity contribution is -0.116. The zero-order valence-corrected chi connectivity index (χ0v) is 10.9. The van der Waals surface area contributed by atoms with Crippen LogP contribution in [0.5, 0.6) is 0 Å². The van der Waals surface area contributed by atoms with Gasteiger partial charge in [-0.3, -0.25) is 4.79 Å². The van der Waals surface area contributed by atoms with E-state index in [4.69, 9.17) is 16.3 Å². The van der Waals surface area contributed by atoms with Gasteiger partial charge in [-0.15, -0.1) is 5.10 Å². The number of carbonyl (C=O) groups is 1. The molecule has 2 rings (SSSR count). The maximum absolute atomic E-state index is 11.9. The maximum atomic E-state index is 11.9. The van der Waals surface area contributed by atoms with Crippen LogP contribution in [0.2, 0.25) is 0 Å². The second kappa shape index (κ2) is 6.28. The molecule has 0 saturated heterocycles. The van der Waals surface area contributed by atoms with Crippen molar-refractivity contribution in [2.45, 2.75) is 13.1 Å². The molecule has 3 N–H and O–H groups in total. The molecule has 1 aromatic carbocycles. The fourth-order valence-electron chi connectivity index (χ4n) is 1.67. The largest absolute Gasteiger partial charge is 0.325 e. The molecule has 0 spiro atoms. The van der Waals surface area contributed by atoms with Crippen molar-refractivity contribution in [3.63, 3.8) is 0 Å². The molecule has 1 amide bonds. The van der Waals surface area contributed by atoms with Crippen LogP contribution in [0.4, 0.5) is 5.69 Å². The van der Waals surface area contributed by atoms with Crippen LogP contribution in [0, 0.1) is 22.7 Å². The van der Waals surface area contributed by atoms with Crippen LogP contribution in [-0.2, 0) is 17.9 Å². The molecular weight excluding hydrogens is 270 g/mol. The summed E-state index contributed by atoms with van der Waals surface area (Å²) < 4.78 is 1.37. The minimum atomic E-state index is -0.322. The Hall–Kier alpha value is -3.23. The highest BCUT2D eigenvalue weighted by molar-refractivity contribution is 5.90. The molecule has 0 atom stereocenters. The van der Waals surface area contributed by atoms with Gasteiger partial charge in [-0.2, -0.15) is 10.5 Å². The normalized spacial score (nSPS) is 9.67. The van der Waals surface area contributed by atoms with Crippen LogP contribution in [0.25, 0.3) is 0 Å². The van der Waals surface area contributed by atoms with Crippen LogP contribution in [0.1, 0.15) is 16.8 Å². The summed E-state index contributed by atoms with van der Waals surface area (Å²) in [5, 5.41) is 27.9. The first kappa shape index (κ1) is 14.2. The van der Waals surface area contributed by atoms with E-state index in [0.717, 1.165) is 0 Å². The lowest BCUT2D eigenvalue weighted by Gasteiger charge is -2.05. The van der Waals surface area contributed by atoms with Crippen molar-refractivity contribution in [2.75, 3.05) is 5.32 Å². The third-order valence-corrected chi connectivity index (χ3v) is 2.65. The van der Waals surface area contributed by atoms with E-state index in [0.29, 0.717) is 11.4 Å². The summed E-state index contributed by atoms with van der Waals surface area (Å²) in [6, 6.07) is 8.30. The van der Waals surface area contributed by atoms with Crippen LogP contribution >= 0.6 is 0 Å². The summed E-state index contributed by atoms with van der Waals surface area (Å²) in [5.41, 5.74) is 6.91. The fraction of sp³-hybridized carbons (Fsp3) is 0.154. The number of nitriles is 2. The Kier molecular flexibility index (Phi) is 4.24. The Bertz CT molecular complexity index is 751. The van der Waals surface area contributed by atoms with Gasteiger partial charge in [0, 0.05) is 12.2 Å². The molecule has 0 aliphatic heterocycles. The van der Waals surface area contributed by atoms with Gasteiger partial charge in [0.05, 0.1) is 23.0 Å². The van der Waals surface area contributed by atoms with E-state index in [2.05, 4.69) is 15.6 Å². The molecule has 8 heteroatoms. The highest BCUT2D eigenvalue weighted by Gasteiger charge is 2.08. The van der Waals surface area contributed by atoms with E-state index in [1.54, 1.807) is 12.3 Å². The van der Waals surface area contributed by atoms with Gasteiger partial charge >= 0.3 is 0 Å². The summed E-state index contributed by atoms with van der Waals surface area (Å²) >= 11 is 0. The lowest BCUT2D eigenvalue weighted by Crippen LogP contribution is -2.19. The molecule has 1 aromatic heterocycles. The van der Waals surface area contributed by atoms with E-state index in [1.807, 2.05) is 12.1 Å². The third kappa shape index (κ3) is 3.41. The maximum Gasteiger partial charge on any atom is 0.246 e. The van der Waals surface area contributed by atoms with Crippen LogP contribution in [-0.4, -0.2) is 20.9 Å². The van der Waals surface area contributed by atoms with Gasteiger partial charge in [-0.05, 0) is 18.2 Å². The SMILES string of the molecule is N#Cc1ccc(NC(=O)Cn2cc(CN)nn2)cc1C#N. The number of aromatic nitrogens is 3. The topological polar surface area (TPSA) is 133 Å². The second-order valence-electron chi connectivity index (χ2n) is 4.14. The first-order chi connectivity index (χ1) is 10.2. The molecule has 0 radical (unpaired) electrons. The van der Waals surface area contributed by atoms with Crippen molar-refractivity contribution >= 4 is 11.6 Å². The van der Waals surface area contributed by atoms with E-state index in [1.165, 1.54) is 16.8 Å². The Morgan fingerprint density at radius 1 is 1.33 bits per heavy atom. The van der Waals surface area contributed by atoms with Crippen molar-refractivity contribution in [3.8, 4) is 12.1 Å². The molecule has 0 bridgehead atoms. The lowest BCUT2D eigenvalue weighted by atomic mass is 10.1. The van der Waals surface area contributed by atoms with Gasteiger partial charge < -0.3 is 11.1 Å².